The first-order valence-electron chi connectivity index (χ1n) is 8.63. The summed E-state index contributed by atoms with van der Waals surface area (Å²) in [5.74, 6) is -1.31. The van der Waals surface area contributed by atoms with Gasteiger partial charge in [-0.1, -0.05) is 18.2 Å². The molecule has 2 unspecified atom stereocenters. The Labute approximate surface area is 154 Å². The number of carbonyl (C=O) groups excluding carboxylic acids is 1. The average Bonchev–Trinajstić information content (AvgIpc) is 2.50. The number of nitrogens with zero attached hydrogens (tertiary/aromatic N) is 1. The van der Waals surface area contributed by atoms with Crippen molar-refractivity contribution in [2.75, 3.05) is 13.2 Å². The highest BCUT2D eigenvalue weighted by atomic mass is 19.4. The van der Waals surface area contributed by atoms with E-state index in [0.29, 0.717) is 5.57 Å². The number of alkyl halides is 3. The van der Waals surface area contributed by atoms with Gasteiger partial charge >= 0.3 is 12.3 Å². The third-order valence-corrected chi connectivity index (χ3v) is 4.45. The fourth-order valence-electron chi connectivity index (χ4n) is 3.47. The Balaban J connectivity index is 1.98. The molecular weight excluding hydrogens is 366 g/mol. The first kappa shape index (κ1) is 19.7. The molecule has 0 aromatic heterocycles. The highest BCUT2D eigenvalue weighted by Gasteiger charge is 2.43. The first-order valence-corrected chi connectivity index (χ1v) is 8.63. The third-order valence-electron chi connectivity index (χ3n) is 4.45. The molecule has 1 aromatic rings. The zero-order valence-corrected chi connectivity index (χ0v) is 15.3. The standard InChI is InChI=1S/C19H21F4NO3/c1-18(2,3)27-17(25)24-12-7-11(8-13(24)10-26-9-12)14-5-4-6-15(20)16(14)19(21,22)23/h4-7,12-13H,8-10H2,1-3H3. The molecule has 0 saturated carbocycles. The van der Waals surface area contributed by atoms with Crippen molar-refractivity contribution in [2.24, 2.45) is 0 Å². The Morgan fingerprint density at radius 2 is 1.93 bits per heavy atom. The van der Waals surface area contributed by atoms with Crippen molar-refractivity contribution >= 4 is 11.7 Å². The van der Waals surface area contributed by atoms with E-state index in [1.54, 1.807) is 26.8 Å². The van der Waals surface area contributed by atoms with Crippen LogP contribution in [0.4, 0.5) is 22.4 Å². The third kappa shape index (κ3) is 4.10. The zero-order valence-electron chi connectivity index (χ0n) is 15.3. The number of benzene rings is 1. The van der Waals surface area contributed by atoms with Gasteiger partial charge in [-0.05, 0) is 44.4 Å². The van der Waals surface area contributed by atoms with Crippen molar-refractivity contribution in [1.29, 1.82) is 0 Å². The van der Waals surface area contributed by atoms with E-state index in [9.17, 15) is 22.4 Å². The van der Waals surface area contributed by atoms with E-state index in [0.717, 1.165) is 6.07 Å². The molecule has 0 N–H and O–H groups in total. The minimum Gasteiger partial charge on any atom is -0.444 e. The van der Waals surface area contributed by atoms with Crippen molar-refractivity contribution in [2.45, 2.75) is 51.1 Å². The minimum atomic E-state index is -4.81. The van der Waals surface area contributed by atoms with Crippen LogP contribution in [0.2, 0.25) is 0 Å². The molecule has 4 nitrogen and oxygen atoms in total. The topological polar surface area (TPSA) is 38.8 Å². The number of morpholine rings is 1. The maximum atomic E-state index is 13.9. The molecule has 2 bridgehead atoms. The van der Waals surface area contributed by atoms with E-state index in [1.807, 2.05) is 0 Å². The molecule has 1 fully saturated rings. The molecule has 1 saturated heterocycles. The fraction of sp³-hybridized carbons (Fsp3) is 0.526. The Morgan fingerprint density at radius 1 is 1.22 bits per heavy atom. The predicted molar refractivity (Wildman–Crippen MR) is 90.5 cm³/mol. The quantitative estimate of drug-likeness (QED) is 0.659. The number of hydrogen-bond acceptors (Lipinski definition) is 3. The van der Waals surface area contributed by atoms with Crippen LogP contribution in [0.25, 0.3) is 5.57 Å². The second-order valence-corrected chi connectivity index (χ2v) is 7.70. The molecule has 0 radical (unpaired) electrons. The van der Waals surface area contributed by atoms with Gasteiger partial charge in [0.25, 0.3) is 0 Å². The van der Waals surface area contributed by atoms with Crippen LogP contribution in [0.1, 0.15) is 38.3 Å². The highest BCUT2D eigenvalue weighted by Crippen LogP contribution is 2.41. The Morgan fingerprint density at radius 3 is 2.52 bits per heavy atom. The summed E-state index contributed by atoms with van der Waals surface area (Å²) in [4.78, 5) is 14.0. The van der Waals surface area contributed by atoms with Crippen LogP contribution >= 0.6 is 0 Å². The maximum absolute atomic E-state index is 13.9. The molecule has 2 aliphatic rings. The van der Waals surface area contributed by atoms with Gasteiger partial charge < -0.3 is 9.47 Å². The Kier molecular flexibility index (Phi) is 4.96. The van der Waals surface area contributed by atoms with Gasteiger partial charge in [0, 0.05) is 0 Å². The van der Waals surface area contributed by atoms with Crippen molar-refractivity contribution < 1.29 is 31.8 Å². The van der Waals surface area contributed by atoms with Gasteiger partial charge in [-0.2, -0.15) is 13.2 Å². The summed E-state index contributed by atoms with van der Waals surface area (Å²) in [5.41, 5.74) is -1.80. The van der Waals surface area contributed by atoms with Crippen molar-refractivity contribution in [3.8, 4) is 0 Å². The van der Waals surface area contributed by atoms with Crippen LogP contribution < -0.4 is 0 Å². The Bertz CT molecular complexity index is 767. The van der Waals surface area contributed by atoms with E-state index >= 15 is 0 Å². The monoisotopic (exact) mass is 387 g/mol. The maximum Gasteiger partial charge on any atom is 0.419 e. The van der Waals surface area contributed by atoms with Gasteiger partial charge in [-0.15, -0.1) is 0 Å². The van der Waals surface area contributed by atoms with E-state index in [1.165, 1.54) is 17.0 Å². The largest absolute Gasteiger partial charge is 0.444 e. The van der Waals surface area contributed by atoms with Crippen molar-refractivity contribution in [3.05, 3.63) is 41.2 Å². The summed E-state index contributed by atoms with van der Waals surface area (Å²) in [6.45, 7) is 5.56. The van der Waals surface area contributed by atoms with Gasteiger partial charge in [0.1, 0.15) is 11.4 Å². The second-order valence-electron chi connectivity index (χ2n) is 7.70. The smallest absolute Gasteiger partial charge is 0.419 e. The number of amides is 1. The molecule has 1 amide bonds. The molecule has 2 heterocycles. The molecular formula is C19H21F4NO3. The molecule has 1 aromatic carbocycles. The SMILES string of the molecule is CC(C)(C)OC(=O)N1C2C=C(c3cccc(F)c3C(F)(F)F)CC1COC2. The molecule has 0 aliphatic carbocycles. The van der Waals surface area contributed by atoms with E-state index in [4.69, 9.17) is 9.47 Å². The van der Waals surface area contributed by atoms with Gasteiger partial charge in [-0.3, -0.25) is 4.90 Å². The summed E-state index contributed by atoms with van der Waals surface area (Å²) in [5, 5.41) is 0. The number of carbonyl (C=O) groups is 1. The van der Waals surface area contributed by atoms with E-state index in [-0.39, 0.29) is 25.2 Å². The summed E-state index contributed by atoms with van der Waals surface area (Å²) < 4.78 is 64.9. The number of ether oxygens (including phenoxy) is 2. The van der Waals surface area contributed by atoms with Crippen LogP contribution in [0.5, 0.6) is 0 Å². The van der Waals surface area contributed by atoms with Crippen LogP contribution in [0.3, 0.4) is 0 Å². The summed E-state index contributed by atoms with van der Waals surface area (Å²) in [6, 6.07) is 2.28. The van der Waals surface area contributed by atoms with Gasteiger partial charge in [-0.25, -0.2) is 9.18 Å². The Hall–Kier alpha value is -2.09. The molecule has 2 aliphatic heterocycles. The minimum absolute atomic E-state index is 0.127. The lowest BCUT2D eigenvalue weighted by Crippen LogP contribution is -2.57. The van der Waals surface area contributed by atoms with Crippen LogP contribution in [-0.4, -0.2) is 41.9 Å². The van der Waals surface area contributed by atoms with Gasteiger partial charge in [0.15, 0.2) is 0 Å². The highest BCUT2D eigenvalue weighted by molar-refractivity contribution is 5.76. The molecule has 3 rings (SSSR count). The van der Waals surface area contributed by atoms with Gasteiger partial charge in [0.05, 0.1) is 30.9 Å². The molecule has 2 atom stereocenters. The number of rotatable bonds is 1. The molecule has 148 valence electrons. The lowest BCUT2D eigenvalue weighted by atomic mass is 9.87. The van der Waals surface area contributed by atoms with E-state index < -0.39 is 41.3 Å². The molecule has 8 heteroatoms. The molecule has 27 heavy (non-hydrogen) atoms. The van der Waals surface area contributed by atoms with Crippen molar-refractivity contribution in [3.63, 3.8) is 0 Å². The van der Waals surface area contributed by atoms with Crippen LogP contribution in [0.15, 0.2) is 24.3 Å². The second kappa shape index (κ2) is 6.82. The lowest BCUT2D eigenvalue weighted by molar-refractivity contribution is -0.140. The summed E-state index contributed by atoms with van der Waals surface area (Å²) in [7, 11) is 0. The molecule has 0 spiro atoms. The summed E-state index contributed by atoms with van der Waals surface area (Å²) >= 11 is 0. The fourth-order valence-corrected chi connectivity index (χ4v) is 3.47. The predicted octanol–water partition coefficient (Wildman–Crippen LogP) is 4.64. The first-order chi connectivity index (χ1) is 12.5. The van der Waals surface area contributed by atoms with Crippen LogP contribution in [-0.2, 0) is 15.7 Å². The summed E-state index contributed by atoms with van der Waals surface area (Å²) in [6.07, 6.45) is -3.67. The van der Waals surface area contributed by atoms with Crippen LogP contribution in [0, 0.1) is 5.82 Å². The number of hydrogen-bond donors (Lipinski definition) is 0. The lowest BCUT2D eigenvalue weighted by Gasteiger charge is -2.44. The normalized spacial score (nSPS) is 23.1. The van der Waals surface area contributed by atoms with E-state index in [2.05, 4.69) is 0 Å². The number of fused-ring (bicyclic) bond motifs is 2. The number of halogens is 4. The zero-order chi connectivity index (χ0) is 20.0. The average molecular weight is 387 g/mol. The van der Waals surface area contributed by atoms with Crippen molar-refractivity contribution in [1.82, 2.24) is 4.90 Å². The van der Waals surface area contributed by atoms with Gasteiger partial charge in [0.2, 0.25) is 0 Å².